The van der Waals surface area contributed by atoms with E-state index in [4.69, 9.17) is 4.42 Å². The van der Waals surface area contributed by atoms with Crippen molar-refractivity contribution in [3.05, 3.63) is 64.7 Å². The molecule has 6 nitrogen and oxygen atoms in total. The van der Waals surface area contributed by atoms with E-state index in [0.29, 0.717) is 0 Å². The SMILES string of the molecule is CCN(CC)c1ccc2c(C=C3Sc4ccccc4N3C)cc(=[N+]3CCN(CCO)CC3)oc2c1. The van der Waals surface area contributed by atoms with Crippen LogP contribution in [0.5, 0.6) is 0 Å². The van der Waals surface area contributed by atoms with Gasteiger partial charge < -0.3 is 19.3 Å². The minimum atomic E-state index is 0.208. The lowest BCUT2D eigenvalue weighted by molar-refractivity contribution is 0.167. The molecule has 5 rings (SSSR count). The Hall–Kier alpha value is -2.74. The Morgan fingerprint density at radius 3 is 2.57 bits per heavy atom. The fourth-order valence-electron chi connectivity index (χ4n) is 4.96. The zero-order valence-electron chi connectivity index (χ0n) is 20.9. The molecule has 0 atom stereocenters. The van der Waals surface area contributed by atoms with Crippen molar-refractivity contribution < 1.29 is 9.52 Å². The van der Waals surface area contributed by atoms with E-state index in [1.807, 2.05) is 11.8 Å². The number of hydrogen-bond acceptors (Lipinski definition) is 6. The standard InChI is InChI=1S/C28H35N4O2S/c1-4-31(5-2)22-10-11-23-21(19-28-29(3)24-8-6-7-9-26(24)35-28)18-27(34-25(23)20-22)32-14-12-30(13-15-32)16-17-33/h6-11,18-20,33H,4-5,12-17H2,1-3H3/q+1. The number of rotatable bonds is 6. The lowest BCUT2D eigenvalue weighted by Crippen LogP contribution is -2.48. The van der Waals surface area contributed by atoms with Crippen LogP contribution < -0.4 is 19.9 Å². The summed E-state index contributed by atoms with van der Waals surface area (Å²) in [6.45, 7) is 10.9. The number of benzene rings is 2. The molecule has 0 amide bonds. The van der Waals surface area contributed by atoms with Crippen LogP contribution >= 0.6 is 11.8 Å². The quantitative estimate of drug-likeness (QED) is 0.528. The number of nitrogens with zero attached hydrogens (tertiary/aromatic N) is 4. The van der Waals surface area contributed by atoms with E-state index in [9.17, 15) is 5.11 Å². The van der Waals surface area contributed by atoms with E-state index in [1.54, 1.807) is 0 Å². The minimum absolute atomic E-state index is 0.208. The van der Waals surface area contributed by atoms with Crippen LogP contribution in [0, 0.1) is 0 Å². The molecule has 0 bridgehead atoms. The lowest BCUT2D eigenvalue weighted by atomic mass is 10.1. The van der Waals surface area contributed by atoms with E-state index < -0.39 is 0 Å². The summed E-state index contributed by atoms with van der Waals surface area (Å²) in [5.74, 6) is 0. The van der Waals surface area contributed by atoms with Crippen molar-refractivity contribution in [2.75, 3.05) is 69.3 Å². The summed E-state index contributed by atoms with van der Waals surface area (Å²) >= 11 is 1.81. The van der Waals surface area contributed by atoms with Crippen molar-refractivity contribution in [2.24, 2.45) is 0 Å². The Morgan fingerprint density at radius 2 is 1.86 bits per heavy atom. The fraction of sp³-hybridized carbons (Fsp3) is 0.393. The van der Waals surface area contributed by atoms with Crippen molar-refractivity contribution in [3.63, 3.8) is 0 Å². The smallest absolute Gasteiger partial charge is 0.368 e. The van der Waals surface area contributed by atoms with E-state index in [0.717, 1.165) is 62.3 Å². The maximum absolute atomic E-state index is 9.30. The molecule has 2 aliphatic heterocycles. The number of β-amino-alcohol motifs (C(OH)–C–C–N with tert-alkyl or cyclic N) is 1. The van der Waals surface area contributed by atoms with Gasteiger partial charge in [-0.2, -0.15) is 4.58 Å². The van der Waals surface area contributed by atoms with Gasteiger partial charge >= 0.3 is 5.55 Å². The van der Waals surface area contributed by atoms with Crippen molar-refractivity contribution >= 4 is 40.2 Å². The predicted molar refractivity (Wildman–Crippen MR) is 147 cm³/mol. The first kappa shape index (κ1) is 24.0. The monoisotopic (exact) mass is 491 g/mol. The zero-order valence-corrected chi connectivity index (χ0v) is 21.7. The van der Waals surface area contributed by atoms with Crippen LogP contribution in [0.4, 0.5) is 11.4 Å². The third-order valence-electron chi connectivity index (χ3n) is 7.05. The first-order valence-electron chi connectivity index (χ1n) is 12.6. The molecule has 1 N–H and O–H groups in total. The second-order valence-electron chi connectivity index (χ2n) is 9.06. The second kappa shape index (κ2) is 10.5. The maximum atomic E-state index is 9.30. The highest BCUT2D eigenvalue weighted by atomic mass is 32.2. The molecular formula is C28H35N4O2S+. The molecule has 35 heavy (non-hydrogen) atoms. The number of aliphatic hydroxyl groups is 1. The molecular weight excluding hydrogens is 456 g/mol. The van der Waals surface area contributed by atoms with Crippen LogP contribution in [0.3, 0.4) is 0 Å². The van der Waals surface area contributed by atoms with Gasteiger partial charge in [0.25, 0.3) is 0 Å². The predicted octanol–water partition coefficient (Wildman–Crippen LogP) is 3.90. The van der Waals surface area contributed by atoms with Crippen molar-refractivity contribution in [1.29, 1.82) is 0 Å². The minimum Gasteiger partial charge on any atom is -0.405 e. The molecule has 0 radical (unpaired) electrons. The summed E-state index contributed by atoms with van der Waals surface area (Å²) in [6, 6.07) is 17.4. The Morgan fingerprint density at radius 1 is 1.09 bits per heavy atom. The van der Waals surface area contributed by atoms with Gasteiger partial charge in [0.1, 0.15) is 5.58 Å². The Bertz CT molecular complexity index is 1300. The van der Waals surface area contributed by atoms with E-state index >= 15 is 0 Å². The highest BCUT2D eigenvalue weighted by Crippen LogP contribution is 2.45. The zero-order chi connectivity index (χ0) is 24.4. The topological polar surface area (TPSA) is 46.1 Å². The fourth-order valence-corrected chi connectivity index (χ4v) is 6.06. The van der Waals surface area contributed by atoms with Crippen LogP contribution in [0.15, 0.2) is 62.9 Å². The summed E-state index contributed by atoms with van der Waals surface area (Å²) in [7, 11) is 2.14. The number of aliphatic hydroxyl groups excluding tert-OH is 1. The highest BCUT2D eigenvalue weighted by Gasteiger charge is 2.23. The van der Waals surface area contributed by atoms with Crippen molar-refractivity contribution in [3.8, 4) is 0 Å². The molecule has 7 heteroatoms. The van der Waals surface area contributed by atoms with Crippen LogP contribution in [-0.2, 0) is 0 Å². The van der Waals surface area contributed by atoms with Gasteiger partial charge in [-0.3, -0.25) is 4.90 Å². The average Bonchev–Trinajstić information content (AvgIpc) is 3.20. The molecule has 3 heterocycles. The first-order valence-corrected chi connectivity index (χ1v) is 13.4. The lowest BCUT2D eigenvalue weighted by Gasteiger charge is -2.23. The summed E-state index contributed by atoms with van der Waals surface area (Å²) in [5, 5.41) is 11.6. The molecule has 184 valence electrons. The van der Waals surface area contributed by atoms with Gasteiger partial charge in [-0.1, -0.05) is 23.9 Å². The number of fused-ring (bicyclic) bond motifs is 2. The van der Waals surface area contributed by atoms with Crippen LogP contribution in [0.2, 0.25) is 0 Å². The van der Waals surface area contributed by atoms with Gasteiger partial charge in [-0.05, 0) is 49.8 Å². The normalized spacial score (nSPS) is 17.4. The van der Waals surface area contributed by atoms with Gasteiger partial charge in [-0.25, -0.2) is 0 Å². The Kier molecular flexibility index (Phi) is 7.18. The van der Waals surface area contributed by atoms with E-state index in [1.165, 1.54) is 26.9 Å². The Labute approximate surface area is 211 Å². The molecule has 2 aliphatic rings. The molecule has 0 saturated carbocycles. The number of hydrogen-bond donors (Lipinski definition) is 1. The molecule has 1 saturated heterocycles. The van der Waals surface area contributed by atoms with Crippen LogP contribution in [0.25, 0.3) is 17.0 Å². The molecule has 0 spiro atoms. The molecule has 0 unspecified atom stereocenters. The molecule has 1 aromatic heterocycles. The largest absolute Gasteiger partial charge is 0.405 e. The van der Waals surface area contributed by atoms with Crippen molar-refractivity contribution in [1.82, 2.24) is 9.48 Å². The highest BCUT2D eigenvalue weighted by molar-refractivity contribution is 8.03. The number of anilines is 2. The summed E-state index contributed by atoms with van der Waals surface area (Å²) < 4.78 is 8.88. The van der Waals surface area contributed by atoms with Crippen LogP contribution in [-0.4, -0.2) is 69.5 Å². The van der Waals surface area contributed by atoms with Crippen molar-refractivity contribution in [2.45, 2.75) is 18.7 Å². The summed E-state index contributed by atoms with van der Waals surface area (Å²) in [6.07, 6.45) is 2.30. The van der Waals surface area contributed by atoms with E-state index in [-0.39, 0.29) is 6.61 Å². The number of para-hydroxylation sites is 1. The molecule has 1 fully saturated rings. The molecule has 2 aromatic carbocycles. The first-order chi connectivity index (χ1) is 17.1. The third-order valence-corrected chi connectivity index (χ3v) is 8.22. The Balaban J connectivity index is 1.62. The van der Waals surface area contributed by atoms with Crippen LogP contribution in [0.1, 0.15) is 19.4 Å². The van der Waals surface area contributed by atoms with Gasteiger partial charge in [0.05, 0.1) is 36.5 Å². The van der Waals surface area contributed by atoms with Gasteiger partial charge in [0.2, 0.25) is 0 Å². The van der Waals surface area contributed by atoms with E-state index in [2.05, 4.69) is 94.8 Å². The molecule has 3 aromatic rings. The summed E-state index contributed by atoms with van der Waals surface area (Å²) in [5.41, 5.74) is 5.44. The third kappa shape index (κ3) is 4.85. The molecule has 0 aliphatic carbocycles. The van der Waals surface area contributed by atoms with Gasteiger partial charge in [-0.15, -0.1) is 0 Å². The summed E-state index contributed by atoms with van der Waals surface area (Å²) in [4.78, 5) is 8.22. The average molecular weight is 492 g/mol. The number of piperazine rings is 1. The number of thioether (sulfide) groups is 1. The van der Waals surface area contributed by atoms with Gasteiger partial charge in [0, 0.05) is 48.7 Å². The second-order valence-corrected chi connectivity index (χ2v) is 10.1. The van der Waals surface area contributed by atoms with Gasteiger partial charge in [0.15, 0.2) is 13.1 Å². The maximum Gasteiger partial charge on any atom is 0.368 e.